The number of hydrogen-bond donors (Lipinski definition) is 0. The maximum Gasteiger partial charge on any atom is 0.534 e. The molecule has 2 aromatic carbocycles. The molecular formula is C22H21F3N2O7S2. The molecule has 2 aromatic rings. The summed E-state index contributed by atoms with van der Waals surface area (Å²) in [5, 5.41) is 10.9. The molecule has 1 aliphatic carbocycles. The lowest BCUT2D eigenvalue weighted by Crippen LogP contribution is -2.30. The van der Waals surface area contributed by atoms with E-state index in [1.807, 2.05) is 13.8 Å². The van der Waals surface area contributed by atoms with Gasteiger partial charge >= 0.3 is 15.6 Å². The molecule has 0 bridgehead atoms. The van der Waals surface area contributed by atoms with Crippen molar-refractivity contribution >= 4 is 31.6 Å². The van der Waals surface area contributed by atoms with Crippen LogP contribution in [0.4, 0.5) is 18.9 Å². The number of sulfonamides is 1. The normalized spacial score (nSPS) is 20.4. The summed E-state index contributed by atoms with van der Waals surface area (Å²) in [6.07, 6.45) is 0.310. The molecule has 0 saturated carbocycles. The van der Waals surface area contributed by atoms with Gasteiger partial charge in [0.25, 0.3) is 5.69 Å². The monoisotopic (exact) mass is 546 g/mol. The molecule has 9 nitrogen and oxygen atoms in total. The summed E-state index contributed by atoms with van der Waals surface area (Å²) < 4.78 is 96.1. The van der Waals surface area contributed by atoms with Gasteiger partial charge in [0.1, 0.15) is 0 Å². The van der Waals surface area contributed by atoms with Crippen LogP contribution in [0.1, 0.15) is 31.4 Å². The highest BCUT2D eigenvalue weighted by atomic mass is 32.2. The molecule has 1 saturated heterocycles. The van der Waals surface area contributed by atoms with Gasteiger partial charge in [0.2, 0.25) is 10.0 Å². The molecule has 1 unspecified atom stereocenters. The van der Waals surface area contributed by atoms with Crippen LogP contribution >= 0.6 is 0 Å². The third-order valence-electron chi connectivity index (χ3n) is 6.37. The Morgan fingerprint density at radius 3 is 2.25 bits per heavy atom. The Morgan fingerprint density at radius 1 is 1.06 bits per heavy atom. The lowest BCUT2D eigenvalue weighted by molar-refractivity contribution is -0.384. The fourth-order valence-corrected chi connectivity index (χ4v) is 6.66. The van der Waals surface area contributed by atoms with Crippen LogP contribution in [0.3, 0.4) is 0 Å². The van der Waals surface area contributed by atoms with E-state index in [-0.39, 0.29) is 28.3 Å². The number of nitro groups is 1. The number of benzene rings is 2. The van der Waals surface area contributed by atoms with Gasteiger partial charge < -0.3 is 4.18 Å². The summed E-state index contributed by atoms with van der Waals surface area (Å²) in [5.41, 5.74) is -5.82. The Hall–Kier alpha value is -2.97. The number of fused-ring (bicyclic) bond motifs is 2. The van der Waals surface area contributed by atoms with E-state index in [1.165, 1.54) is 12.1 Å². The molecule has 1 atom stereocenters. The van der Waals surface area contributed by atoms with Crippen molar-refractivity contribution in [3.05, 3.63) is 75.3 Å². The zero-order valence-electron chi connectivity index (χ0n) is 19.0. The zero-order valence-corrected chi connectivity index (χ0v) is 20.7. The van der Waals surface area contributed by atoms with Crippen LogP contribution in [-0.2, 0) is 29.7 Å². The van der Waals surface area contributed by atoms with E-state index in [0.717, 1.165) is 28.6 Å². The minimum atomic E-state index is -6.04. The molecule has 14 heteroatoms. The first-order chi connectivity index (χ1) is 16.5. The van der Waals surface area contributed by atoms with Gasteiger partial charge in [-0.1, -0.05) is 38.1 Å². The summed E-state index contributed by atoms with van der Waals surface area (Å²) in [5.74, 6) is -1.17. The highest BCUT2D eigenvalue weighted by Crippen LogP contribution is 2.48. The number of rotatable bonds is 5. The summed E-state index contributed by atoms with van der Waals surface area (Å²) in [6, 6.07) is 10.5. The van der Waals surface area contributed by atoms with Gasteiger partial charge in [-0.2, -0.15) is 25.9 Å². The largest absolute Gasteiger partial charge is 0.534 e. The van der Waals surface area contributed by atoms with Crippen molar-refractivity contribution in [3.63, 3.8) is 0 Å². The van der Waals surface area contributed by atoms with Crippen molar-refractivity contribution in [1.82, 2.24) is 4.31 Å². The molecule has 0 spiro atoms. The Bertz CT molecular complexity index is 1470. The lowest BCUT2D eigenvalue weighted by atomic mass is 9.77. The number of non-ortho nitro benzene ring substituents is 1. The average Bonchev–Trinajstić information content (AvgIpc) is 3.17. The Kier molecular flexibility index (Phi) is 6.21. The lowest BCUT2D eigenvalue weighted by Gasteiger charge is -2.28. The minimum absolute atomic E-state index is 0.117. The van der Waals surface area contributed by atoms with Gasteiger partial charge in [0, 0.05) is 30.8 Å². The molecule has 0 radical (unpaired) electrons. The van der Waals surface area contributed by atoms with Gasteiger partial charge in [-0.25, -0.2) is 8.42 Å². The molecule has 1 fully saturated rings. The molecule has 0 aromatic heterocycles. The Balaban J connectivity index is 1.84. The predicted molar refractivity (Wildman–Crippen MR) is 122 cm³/mol. The van der Waals surface area contributed by atoms with E-state index >= 15 is 0 Å². The van der Waals surface area contributed by atoms with E-state index in [0.29, 0.717) is 12.0 Å². The van der Waals surface area contributed by atoms with E-state index < -0.39 is 54.2 Å². The SMILES string of the molecule is CC1(C)CC2CN(S(=O)(=O)c3ccc([N+](=O)[O-])cc3)CC2=C(OS(=O)(=O)C(F)(F)F)c2ccccc21. The molecule has 2 aliphatic rings. The third-order valence-corrected chi connectivity index (χ3v) is 9.15. The van der Waals surface area contributed by atoms with Gasteiger partial charge in [-0.3, -0.25) is 10.1 Å². The van der Waals surface area contributed by atoms with Crippen LogP contribution in [0.2, 0.25) is 0 Å². The van der Waals surface area contributed by atoms with Crippen LogP contribution in [-0.4, -0.2) is 44.7 Å². The molecule has 194 valence electrons. The maximum absolute atomic E-state index is 13.3. The van der Waals surface area contributed by atoms with Crippen LogP contribution in [0.25, 0.3) is 5.76 Å². The molecule has 4 rings (SSSR count). The molecule has 36 heavy (non-hydrogen) atoms. The van der Waals surface area contributed by atoms with Crippen molar-refractivity contribution in [1.29, 1.82) is 0 Å². The van der Waals surface area contributed by atoms with Crippen LogP contribution in [0.15, 0.2) is 59.0 Å². The first-order valence-corrected chi connectivity index (χ1v) is 13.5. The molecule has 1 aliphatic heterocycles. The highest BCUT2D eigenvalue weighted by Gasteiger charge is 2.51. The van der Waals surface area contributed by atoms with E-state index in [2.05, 4.69) is 0 Å². The topological polar surface area (TPSA) is 124 Å². The number of hydrogen-bond acceptors (Lipinski definition) is 7. The van der Waals surface area contributed by atoms with Gasteiger partial charge in [0.15, 0.2) is 5.76 Å². The second kappa shape index (κ2) is 8.56. The number of alkyl halides is 3. The van der Waals surface area contributed by atoms with E-state index in [4.69, 9.17) is 4.18 Å². The number of halogens is 3. The summed E-state index contributed by atoms with van der Waals surface area (Å²) in [4.78, 5) is 9.98. The van der Waals surface area contributed by atoms with Crippen LogP contribution in [0, 0.1) is 16.0 Å². The van der Waals surface area contributed by atoms with Gasteiger partial charge in [-0.05, 0) is 41.0 Å². The molecule has 0 amide bonds. The second-order valence-electron chi connectivity index (χ2n) is 9.22. The Labute approximate surface area is 205 Å². The van der Waals surface area contributed by atoms with Crippen molar-refractivity contribution in [3.8, 4) is 0 Å². The molecular weight excluding hydrogens is 525 g/mol. The third kappa shape index (κ3) is 4.48. The van der Waals surface area contributed by atoms with Gasteiger partial charge in [-0.15, -0.1) is 0 Å². The number of nitro benzene ring substituents is 1. The summed E-state index contributed by atoms with van der Waals surface area (Å²) in [7, 11) is -10.3. The van der Waals surface area contributed by atoms with Crippen molar-refractivity contribution < 1.29 is 39.1 Å². The van der Waals surface area contributed by atoms with Crippen LogP contribution in [0.5, 0.6) is 0 Å². The standard InChI is InChI=1S/C22H21F3N2O7S2/c1-21(2)11-14-12-26(35(30,31)16-9-7-15(8-10-16)27(28)29)13-18(14)20(17-5-3-4-6-19(17)21)34-36(32,33)22(23,24)25/h3-10,14H,11-13H2,1-2H3. The Morgan fingerprint density at radius 2 is 1.67 bits per heavy atom. The highest BCUT2D eigenvalue weighted by molar-refractivity contribution is 7.89. The van der Waals surface area contributed by atoms with Gasteiger partial charge in [0.05, 0.1) is 9.82 Å². The summed E-state index contributed by atoms with van der Waals surface area (Å²) in [6.45, 7) is 3.12. The smallest absolute Gasteiger partial charge is 0.375 e. The van der Waals surface area contributed by atoms with E-state index in [1.54, 1.807) is 12.1 Å². The first-order valence-electron chi connectivity index (χ1n) is 10.6. The quantitative estimate of drug-likeness (QED) is 0.239. The van der Waals surface area contributed by atoms with Crippen LogP contribution < -0.4 is 0 Å². The molecule has 0 N–H and O–H groups in total. The second-order valence-corrected chi connectivity index (χ2v) is 12.7. The fourth-order valence-electron chi connectivity index (χ4n) is 4.68. The number of nitrogens with zero attached hydrogens (tertiary/aromatic N) is 2. The predicted octanol–water partition coefficient (Wildman–Crippen LogP) is 4.17. The average molecular weight is 547 g/mol. The maximum atomic E-state index is 13.3. The van der Waals surface area contributed by atoms with Crippen molar-refractivity contribution in [2.45, 2.75) is 36.1 Å². The van der Waals surface area contributed by atoms with Crippen molar-refractivity contribution in [2.24, 2.45) is 5.92 Å². The van der Waals surface area contributed by atoms with Crippen molar-refractivity contribution in [2.75, 3.05) is 13.1 Å². The minimum Gasteiger partial charge on any atom is -0.375 e. The molecule has 1 heterocycles. The zero-order chi connectivity index (χ0) is 26.7. The fraction of sp³-hybridized carbons (Fsp3) is 0.364. The first kappa shape index (κ1) is 26.1. The summed E-state index contributed by atoms with van der Waals surface area (Å²) >= 11 is 0. The van der Waals surface area contributed by atoms with E-state index in [9.17, 15) is 40.1 Å².